The molecule has 0 N–H and O–H groups in total. The molecule has 4 aromatic heterocycles. The molecule has 160 valence electrons. The number of aryl methyl sites for hydroxylation is 1. The first kappa shape index (κ1) is 19.3. The number of hydrogen-bond donors (Lipinski definition) is 0. The van der Waals surface area contributed by atoms with Gasteiger partial charge in [0.1, 0.15) is 16.3 Å². The zero-order chi connectivity index (χ0) is 21.7. The van der Waals surface area contributed by atoms with Crippen LogP contribution in [-0.2, 0) is 4.74 Å². The number of nitrogens with zero attached hydrogens (tertiary/aromatic N) is 5. The van der Waals surface area contributed by atoms with Gasteiger partial charge in [0, 0.05) is 36.1 Å². The molecule has 1 saturated heterocycles. The van der Waals surface area contributed by atoms with Crippen molar-refractivity contribution >= 4 is 33.7 Å². The third kappa shape index (κ3) is 3.23. The second kappa shape index (κ2) is 7.65. The van der Waals surface area contributed by atoms with E-state index in [1.54, 1.807) is 12.4 Å². The normalized spacial score (nSPS) is 16.7. The van der Waals surface area contributed by atoms with Gasteiger partial charge in [0.25, 0.3) is 0 Å². The highest BCUT2D eigenvalue weighted by Crippen LogP contribution is 2.34. The van der Waals surface area contributed by atoms with Gasteiger partial charge >= 0.3 is 0 Å². The van der Waals surface area contributed by atoms with Crippen molar-refractivity contribution in [1.82, 2.24) is 24.1 Å². The van der Waals surface area contributed by atoms with E-state index in [2.05, 4.69) is 21.1 Å². The lowest BCUT2D eigenvalue weighted by molar-refractivity contribution is -0.0366. The van der Waals surface area contributed by atoms with Crippen molar-refractivity contribution in [1.29, 1.82) is 0 Å². The molecule has 0 amide bonds. The van der Waals surface area contributed by atoms with E-state index >= 15 is 0 Å². The summed E-state index contributed by atoms with van der Waals surface area (Å²) in [4.78, 5) is 22.7. The molecule has 5 heterocycles. The van der Waals surface area contributed by atoms with Gasteiger partial charge in [0.15, 0.2) is 6.23 Å². The molecule has 7 nitrogen and oxygen atoms in total. The van der Waals surface area contributed by atoms with Crippen LogP contribution in [0.1, 0.15) is 46.4 Å². The van der Waals surface area contributed by atoms with Gasteiger partial charge in [-0.05, 0) is 43.9 Å². The van der Waals surface area contributed by atoms with Gasteiger partial charge in [-0.15, -0.1) is 11.3 Å². The Morgan fingerprint density at radius 1 is 1.16 bits per heavy atom. The molecule has 1 fully saturated rings. The number of rotatable bonds is 4. The standard InChI is InChI=1S/C24H21N5O2S/c1-15-8-9-21-27-18(14-28(21)13-15)23(30)20-12-25-24(32-20)16-5-4-6-19-17(16)11-26-29(19)22-7-2-3-10-31-22/h4-6,8-9,11-14,22H,2-3,7,10H2,1H3. The number of fused-ring (bicyclic) bond motifs is 2. The fourth-order valence-electron chi connectivity index (χ4n) is 4.25. The monoisotopic (exact) mass is 443 g/mol. The maximum absolute atomic E-state index is 13.1. The van der Waals surface area contributed by atoms with Crippen molar-refractivity contribution in [3.8, 4) is 10.6 Å². The maximum atomic E-state index is 13.1. The first-order valence-corrected chi connectivity index (χ1v) is 11.5. The molecule has 1 unspecified atom stereocenters. The largest absolute Gasteiger partial charge is 0.356 e. The van der Waals surface area contributed by atoms with E-state index in [1.807, 2.05) is 52.7 Å². The number of carbonyl (C=O) groups is 1. The van der Waals surface area contributed by atoms with Crippen molar-refractivity contribution in [3.05, 3.63) is 71.3 Å². The van der Waals surface area contributed by atoms with E-state index < -0.39 is 0 Å². The molecule has 1 aliphatic rings. The highest BCUT2D eigenvalue weighted by molar-refractivity contribution is 7.17. The molecule has 1 aliphatic heterocycles. The smallest absolute Gasteiger partial charge is 0.224 e. The van der Waals surface area contributed by atoms with Crippen LogP contribution in [0.15, 0.2) is 55.1 Å². The Bertz CT molecular complexity index is 1460. The van der Waals surface area contributed by atoms with E-state index in [1.165, 1.54) is 11.3 Å². The van der Waals surface area contributed by atoms with Crippen molar-refractivity contribution in [2.24, 2.45) is 0 Å². The van der Waals surface area contributed by atoms with E-state index in [0.717, 1.165) is 58.6 Å². The Morgan fingerprint density at radius 2 is 2.09 bits per heavy atom. The van der Waals surface area contributed by atoms with Crippen LogP contribution in [0.25, 0.3) is 27.1 Å². The van der Waals surface area contributed by atoms with Gasteiger partial charge in [-0.3, -0.25) is 4.79 Å². The van der Waals surface area contributed by atoms with Crippen LogP contribution in [0.3, 0.4) is 0 Å². The first-order valence-electron chi connectivity index (χ1n) is 10.7. The molecule has 0 radical (unpaired) electrons. The molecule has 1 aromatic carbocycles. The average molecular weight is 444 g/mol. The molecular weight excluding hydrogens is 422 g/mol. The summed E-state index contributed by atoms with van der Waals surface area (Å²) in [5, 5.41) is 6.42. The van der Waals surface area contributed by atoms with Crippen LogP contribution in [-0.4, -0.2) is 36.5 Å². The Labute approximate surface area is 188 Å². The van der Waals surface area contributed by atoms with E-state index in [4.69, 9.17) is 4.74 Å². The van der Waals surface area contributed by atoms with Crippen molar-refractivity contribution in [2.45, 2.75) is 32.4 Å². The zero-order valence-corrected chi connectivity index (χ0v) is 18.4. The average Bonchev–Trinajstić information content (AvgIpc) is 3.56. The van der Waals surface area contributed by atoms with E-state index in [-0.39, 0.29) is 12.0 Å². The van der Waals surface area contributed by atoms with E-state index in [9.17, 15) is 4.79 Å². The minimum Gasteiger partial charge on any atom is -0.356 e. The number of ketones is 1. The zero-order valence-electron chi connectivity index (χ0n) is 17.6. The molecule has 32 heavy (non-hydrogen) atoms. The lowest BCUT2D eigenvalue weighted by atomic mass is 10.1. The number of pyridine rings is 1. The SMILES string of the molecule is Cc1ccc2nc(C(=O)c3cnc(-c4cccc5c4cnn5C4CCCCO4)s3)cn2c1. The topological polar surface area (TPSA) is 74.3 Å². The van der Waals surface area contributed by atoms with Gasteiger partial charge in [-0.2, -0.15) is 5.10 Å². The Hall–Kier alpha value is -3.36. The third-order valence-electron chi connectivity index (χ3n) is 5.86. The summed E-state index contributed by atoms with van der Waals surface area (Å²) in [6, 6.07) is 9.99. The summed E-state index contributed by atoms with van der Waals surface area (Å²) in [5.41, 5.74) is 4.28. The molecule has 0 aliphatic carbocycles. The lowest BCUT2D eigenvalue weighted by Crippen LogP contribution is -2.18. The van der Waals surface area contributed by atoms with Crippen LogP contribution < -0.4 is 0 Å². The predicted octanol–water partition coefficient (Wildman–Crippen LogP) is 5.05. The number of thiazole rings is 1. The second-order valence-electron chi connectivity index (χ2n) is 8.11. The van der Waals surface area contributed by atoms with E-state index in [0.29, 0.717) is 10.6 Å². The number of aromatic nitrogens is 5. The maximum Gasteiger partial charge on any atom is 0.224 e. The minimum atomic E-state index is -0.117. The Morgan fingerprint density at radius 3 is 2.97 bits per heavy atom. The predicted molar refractivity (Wildman–Crippen MR) is 123 cm³/mol. The molecule has 0 saturated carbocycles. The summed E-state index contributed by atoms with van der Waals surface area (Å²) in [6.07, 6.45) is 10.4. The quantitative estimate of drug-likeness (QED) is 0.364. The molecule has 5 aromatic rings. The number of imidazole rings is 1. The summed E-state index contributed by atoms with van der Waals surface area (Å²) in [5.74, 6) is -0.117. The van der Waals surface area contributed by atoms with Crippen LogP contribution in [0.2, 0.25) is 0 Å². The lowest BCUT2D eigenvalue weighted by Gasteiger charge is -2.23. The summed E-state index contributed by atoms with van der Waals surface area (Å²) >= 11 is 1.38. The molecule has 8 heteroatoms. The molecule has 1 atom stereocenters. The molecule has 0 bridgehead atoms. The number of carbonyl (C=O) groups excluding carboxylic acids is 1. The van der Waals surface area contributed by atoms with Gasteiger partial charge in [-0.25, -0.2) is 14.6 Å². The molecule has 0 spiro atoms. The number of hydrogen-bond acceptors (Lipinski definition) is 6. The van der Waals surface area contributed by atoms with Crippen LogP contribution in [0.4, 0.5) is 0 Å². The van der Waals surface area contributed by atoms with Crippen LogP contribution in [0.5, 0.6) is 0 Å². The fraction of sp³-hybridized carbons (Fsp3) is 0.250. The van der Waals surface area contributed by atoms with Gasteiger partial charge in [-0.1, -0.05) is 18.2 Å². The fourth-order valence-corrected chi connectivity index (χ4v) is 5.15. The summed E-state index contributed by atoms with van der Waals surface area (Å²) < 4.78 is 9.78. The second-order valence-corrected chi connectivity index (χ2v) is 9.14. The summed E-state index contributed by atoms with van der Waals surface area (Å²) in [6.45, 7) is 2.78. The molecular formula is C24H21N5O2S. The van der Waals surface area contributed by atoms with Gasteiger partial charge in [0.05, 0.1) is 16.6 Å². The first-order chi connectivity index (χ1) is 15.7. The highest BCUT2D eigenvalue weighted by Gasteiger charge is 2.21. The minimum absolute atomic E-state index is 0.0244. The van der Waals surface area contributed by atoms with Crippen molar-refractivity contribution < 1.29 is 9.53 Å². The van der Waals surface area contributed by atoms with Crippen LogP contribution in [0, 0.1) is 6.92 Å². The Balaban J connectivity index is 1.34. The Kier molecular flexibility index (Phi) is 4.62. The molecule has 6 rings (SSSR count). The number of benzene rings is 1. The van der Waals surface area contributed by atoms with Gasteiger partial charge < -0.3 is 9.14 Å². The van der Waals surface area contributed by atoms with Gasteiger partial charge in [0.2, 0.25) is 5.78 Å². The summed E-state index contributed by atoms with van der Waals surface area (Å²) in [7, 11) is 0. The highest BCUT2D eigenvalue weighted by atomic mass is 32.1. The van der Waals surface area contributed by atoms with Crippen LogP contribution >= 0.6 is 11.3 Å². The number of ether oxygens (including phenoxy) is 1. The third-order valence-corrected chi connectivity index (χ3v) is 6.89. The van der Waals surface area contributed by atoms with Crippen molar-refractivity contribution in [2.75, 3.05) is 6.61 Å². The van der Waals surface area contributed by atoms with Crippen molar-refractivity contribution in [3.63, 3.8) is 0 Å².